The standard InChI is InChI=1S/C19H28O2/c1-4-12-19(13-5-2,17-10-14-21-15-11-17)16-6-8-18(20-3)9-7-16/h4,6-9,12,17H,5,10-11,13-15H2,1-3H3. The predicted molar refractivity (Wildman–Crippen MR) is 87.9 cm³/mol. The second kappa shape index (κ2) is 7.65. The molecule has 1 aliphatic heterocycles. The number of hydrogen-bond acceptors (Lipinski definition) is 2. The highest BCUT2D eigenvalue weighted by molar-refractivity contribution is 5.37. The van der Waals surface area contributed by atoms with E-state index < -0.39 is 0 Å². The molecule has 1 aliphatic rings. The minimum Gasteiger partial charge on any atom is -0.497 e. The summed E-state index contributed by atoms with van der Waals surface area (Å²) in [5.41, 5.74) is 1.55. The molecule has 1 fully saturated rings. The molecular formula is C19H28O2. The van der Waals surface area contributed by atoms with Crippen LogP contribution in [-0.2, 0) is 10.2 Å². The SMILES string of the molecule is CC=CC(CCC)(c1ccc(OC)cc1)C1CCOCC1. The number of allylic oxidation sites excluding steroid dienone is 2. The minimum absolute atomic E-state index is 0.138. The summed E-state index contributed by atoms with van der Waals surface area (Å²) in [5.74, 6) is 1.59. The fourth-order valence-corrected chi connectivity index (χ4v) is 3.72. The minimum atomic E-state index is 0.138. The lowest BCUT2D eigenvalue weighted by Gasteiger charge is -2.41. The zero-order valence-corrected chi connectivity index (χ0v) is 13.6. The lowest BCUT2D eigenvalue weighted by Crippen LogP contribution is -2.37. The zero-order chi connectivity index (χ0) is 15.1. The first-order valence-electron chi connectivity index (χ1n) is 8.13. The van der Waals surface area contributed by atoms with Crippen LogP contribution in [0.25, 0.3) is 0 Å². The molecule has 1 saturated heterocycles. The summed E-state index contributed by atoms with van der Waals surface area (Å²) in [4.78, 5) is 0. The maximum Gasteiger partial charge on any atom is 0.118 e. The smallest absolute Gasteiger partial charge is 0.118 e. The maximum atomic E-state index is 5.58. The molecule has 1 unspecified atom stereocenters. The van der Waals surface area contributed by atoms with Crippen LogP contribution in [0, 0.1) is 5.92 Å². The van der Waals surface area contributed by atoms with Crippen molar-refractivity contribution in [3.63, 3.8) is 0 Å². The molecule has 0 bridgehead atoms. The Bertz CT molecular complexity index is 443. The largest absolute Gasteiger partial charge is 0.497 e. The fourth-order valence-electron chi connectivity index (χ4n) is 3.72. The first kappa shape index (κ1) is 16.1. The molecule has 0 radical (unpaired) electrons. The summed E-state index contributed by atoms with van der Waals surface area (Å²) in [6.45, 7) is 6.20. The van der Waals surface area contributed by atoms with E-state index in [0.717, 1.165) is 31.8 Å². The van der Waals surface area contributed by atoms with Gasteiger partial charge in [0.15, 0.2) is 0 Å². The number of hydrogen-bond donors (Lipinski definition) is 0. The summed E-state index contributed by atoms with van der Waals surface area (Å²) in [6, 6.07) is 8.65. The maximum absolute atomic E-state index is 5.58. The van der Waals surface area contributed by atoms with Crippen LogP contribution in [0.2, 0.25) is 0 Å². The fraction of sp³-hybridized carbons (Fsp3) is 0.579. The average Bonchev–Trinajstić information content (AvgIpc) is 2.55. The molecule has 1 aromatic rings. The molecule has 1 atom stereocenters. The molecule has 21 heavy (non-hydrogen) atoms. The number of methoxy groups -OCH3 is 1. The van der Waals surface area contributed by atoms with Gasteiger partial charge in [-0.15, -0.1) is 0 Å². The third-order valence-electron chi connectivity index (χ3n) is 4.71. The van der Waals surface area contributed by atoms with Crippen molar-refractivity contribution in [2.24, 2.45) is 5.92 Å². The van der Waals surface area contributed by atoms with Gasteiger partial charge in [0.25, 0.3) is 0 Å². The van der Waals surface area contributed by atoms with Gasteiger partial charge in [0.2, 0.25) is 0 Å². The Kier molecular flexibility index (Phi) is 5.86. The van der Waals surface area contributed by atoms with Crippen LogP contribution in [0.4, 0.5) is 0 Å². The van der Waals surface area contributed by atoms with Gasteiger partial charge in [-0.05, 0) is 49.8 Å². The molecule has 0 spiro atoms. The monoisotopic (exact) mass is 288 g/mol. The molecule has 1 heterocycles. The average molecular weight is 288 g/mol. The van der Waals surface area contributed by atoms with Crippen molar-refractivity contribution in [2.75, 3.05) is 20.3 Å². The van der Waals surface area contributed by atoms with Gasteiger partial charge in [0.05, 0.1) is 7.11 Å². The van der Waals surface area contributed by atoms with Crippen molar-refractivity contribution in [3.8, 4) is 5.75 Å². The summed E-state index contributed by atoms with van der Waals surface area (Å²) >= 11 is 0. The van der Waals surface area contributed by atoms with E-state index in [4.69, 9.17) is 9.47 Å². The van der Waals surface area contributed by atoms with Crippen LogP contribution in [-0.4, -0.2) is 20.3 Å². The van der Waals surface area contributed by atoms with Crippen LogP contribution in [0.3, 0.4) is 0 Å². The molecule has 1 aromatic carbocycles. The second-order valence-corrected chi connectivity index (χ2v) is 5.91. The second-order valence-electron chi connectivity index (χ2n) is 5.91. The summed E-state index contributed by atoms with van der Waals surface area (Å²) in [5, 5.41) is 0. The lowest BCUT2D eigenvalue weighted by molar-refractivity contribution is 0.0439. The number of rotatable bonds is 6. The van der Waals surface area contributed by atoms with Crippen molar-refractivity contribution in [1.29, 1.82) is 0 Å². The van der Waals surface area contributed by atoms with E-state index in [9.17, 15) is 0 Å². The molecule has 2 nitrogen and oxygen atoms in total. The molecule has 0 amide bonds. The van der Waals surface area contributed by atoms with Crippen LogP contribution in [0.1, 0.15) is 45.1 Å². The third kappa shape index (κ3) is 3.49. The highest BCUT2D eigenvalue weighted by Crippen LogP contribution is 2.43. The Morgan fingerprint density at radius 3 is 2.43 bits per heavy atom. The first-order valence-corrected chi connectivity index (χ1v) is 8.13. The number of ether oxygens (including phenoxy) is 2. The van der Waals surface area contributed by atoms with Crippen molar-refractivity contribution in [3.05, 3.63) is 42.0 Å². The molecule has 116 valence electrons. The van der Waals surface area contributed by atoms with Gasteiger partial charge in [-0.3, -0.25) is 0 Å². The van der Waals surface area contributed by atoms with Gasteiger partial charge in [0.1, 0.15) is 5.75 Å². The molecule has 2 heteroatoms. The topological polar surface area (TPSA) is 18.5 Å². The third-order valence-corrected chi connectivity index (χ3v) is 4.71. The Balaban J connectivity index is 2.40. The molecule has 0 N–H and O–H groups in total. The van der Waals surface area contributed by atoms with Gasteiger partial charge >= 0.3 is 0 Å². The number of benzene rings is 1. The van der Waals surface area contributed by atoms with Crippen molar-refractivity contribution < 1.29 is 9.47 Å². The van der Waals surface area contributed by atoms with E-state index >= 15 is 0 Å². The van der Waals surface area contributed by atoms with Crippen molar-refractivity contribution in [2.45, 2.75) is 44.9 Å². The van der Waals surface area contributed by atoms with Gasteiger partial charge in [-0.1, -0.05) is 37.6 Å². The summed E-state index contributed by atoms with van der Waals surface area (Å²) < 4.78 is 10.9. The van der Waals surface area contributed by atoms with Gasteiger partial charge in [0, 0.05) is 18.6 Å². The lowest BCUT2D eigenvalue weighted by atomic mass is 9.64. The predicted octanol–water partition coefficient (Wildman–Crippen LogP) is 4.74. The zero-order valence-electron chi connectivity index (χ0n) is 13.6. The van der Waals surface area contributed by atoms with E-state index in [-0.39, 0.29) is 5.41 Å². The summed E-state index contributed by atoms with van der Waals surface area (Å²) in [7, 11) is 1.72. The Hall–Kier alpha value is -1.28. The van der Waals surface area contributed by atoms with Crippen molar-refractivity contribution in [1.82, 2.24) is 0 Å². The van der Waals surface area contributed by atoms with Gasteiger partial charge < -0.3 is 9.47 Å². The normalized spacial score (nSPS) is 19.6. The quantitative estimate of drug-likeness (QED) is 0.704. The van der Waals surface area contributed by atoms with Gasteiger partial charge in [-0.25, -0.2) is 0 Å². The van der Waals surface area contributed by atoms with Crippen LogP contribution in [0.15, 0.2) is 36.4 Å². The molecule has 0 aliphatic carbocycles. The van der Waals surface area contributed by atoms with E-state index in [1.165, 1.54) is 18.4 Å². The Morgan fingerprint density at radius 2 is 1.90 bits per heavy atom. The summed E-state index contributed by atoms with van der Waals surface area (Å²) in [6.07, 6.45) is 9.32. The van der Waals surface area contributed by atoms with E-state index in [0.29, 0.717) is 5.92 Å². The van der Waals surface area contributed by atoms with E-state index in [1.807, 2.05) is 0 Å². The molecule has 0 aromatic heterocycles. The first-order chi connectivity index (χ1) is 10.3. The molecule has 2 rings (SSSR count). The highest BCUT2D eigenvalue weighted by Gasteiger charge is 2.38. The van der Waals surface area contributed by atoms with Crippen LogP contribution in [0.5, 0.6) is 5.75 Å². The molecule has 0 saturated carbocycles. The van der Waals surface area contributed by atoms with Crippen LogP contribution < -0.4 is 4.74 Å². The van der Waals surface area contributed by atoms with Crippen LogP contribution >= 0.6 is 0 Å². The Morgan fingerprint density at radius 1 is 1.24 bits per heavy atom. The van der Waals surface area contributed by atoms with E-state index in [1.54, 1.807) is 7.11 Å². The van der Waals surface area contributed by atoms with Crippen molar-refractivity contribution >= 4 is 0 Å². The Labute approximate surface area is 129 Å². The molecular weight excluding hydrogens is 260 g/mol. The van der Waals surface area contributed by atoms with Gasteiger partial charge in [-0.2, -0.15) is 0 Å². The van der Waals surface area contributed by atoms with E-state index in [2.05, 4.69) is 50.3 Å². The highest BCUT2D eigenvalue weighted by atomic mass is 16.5.